The molecule has 1 atom stereocenters. The number of amides is 1. The number of hydrogen-bond donors (Lipinski definition) is 2. The quantitative estimate of drug-likeness (QED) is 0.103. The molecule has 1 unspecified atom stereocenters. The van der Waals surface area contributed by atoms with Crippen molar-refractivity contribution in [2.45, 2.75) is 128 Å². The Hall–Kier alpha value is -0.200. The molecule has 12 heteroatoms. The molecule has 0 aromatic heterocycles. The fourth-order valence-electron chi connectivity index (χ4n) is 3.67. The van der Waals surface area contributed by atoms with Gasteiger partial charge in [-0.15, -0.1) is 0 Å². The van der Waals surface area contributed by atoms with Crippen LogP contribution in [-0.2, 0) is 33.5 Å². The summed E-state index contributed by atoms with van der Waals surface area (Å²) in [5, 5.41) is 9.29. The maximum Gasteiger partial charge on any atom is 1.00 e. The molecule has 36 heavy (non-hydrogen) atoms. The van der Waals surface area contributed by atoms with E-state index in [2.05, 4.69) is 15.9 Å². The Balaban J connectivity index is 0. The topological polar surface area (TPSA) is 144 Å². The van der Waals surface area contributed by atoms with Crippen LogP contribution in [0.15, 0.2) is 0 Å². The molecule has 9 nitrogen and oxygen atoms in total. The molecule has 0 aromatic carbocycles. The third kappa shape index (κ3) is 20.8. The van der Waals surface area contributed by atoms with Crippen LogP contribution in [0.3, 0.4) is 0 Å². The summed E-state index contributed by atoms with van der Waals surface area (Å²) < 4.78 is 50.5. The van der Waals surface area contributed by atoms with Crippen LogP contribution in [0.25, 0.3) is 0 Å². The van der Waals surface area contributed by atoms with Gasteiger partial charge in [0.15, 0.2) is 15.4 Å². The normalized spacial score (nSPS) is 12.6. The molecule has 0 fully saturated rings. The SMILES string of the molecule is C[CH-]S(=O)(=O)OS(=O)(=O)C(CC(=O)NCCCCCCCCCCCCCCCCCC)C(=O)O.[Na+]. The van der Waals surface area contributed by atoms with E-state index >= 15 is 0 Å². The molecule has 208 valence electrons. The van der Waals surface area contributed by atoms with Crippen molar-refractivity contribution >= 4 is 32.1 Å². The van der Waals surface area contributed by atoms with Gasteiger partial charge in [-0.05, 0) is 6.42 Å². The molecule has 2 N–H and O–H groups in total. The van der Waals surface area contributed by atoms with E-state index < -0.39 is 43.8 Å². The number of rotatable bonds is 24. The van der Waals surface area contributed by atoms with Crippen molar-refractivity contribution in [2.24, 2.45) is 0 Å². The maximum atomic E-state index is 11.9. The third-order valence-corrected chi connectivity index (χ3v) is 8.99. The summed E-state index contributed by atoms with van der Waals surface area (Å²) in [6, 6.07) is 0. The van der Waals surface area contributed by atoms with Crippen LogP contribution in [0.5, 0.6) is 0 Å². The third-order valence-electron chi connectivity index (χ3n) is 5.83. The molecule has 0 aliphatic rings. The summed E-state index contributed by atoms with van der Waals surface area (Å²) in [4.78, 5) is 23.2. The minimum Gasteiger partial charge on any atom is -0.480 e. The molecule has 0 aliphatic heterocycles. The smallest absolute Gasteiger partial charge is 0.480 e. The fraction of sp³-hybridized carbons (Fsp3) is 0.875. The van der Waals surface area contributed by atoms with E-state index in [0.717, 1.165) is 26.2 Å². The monoisotopic (exact) mass is 563 g/mol. The van der Waals surface area contributed by atoms with Crippen molar-refractivity contribution in [3.05, 3.63) is 5.75 Å². The summed E-state index contributed by atoms with van der Waals surface area (Å²) >= 11 is 0. The van der Waals surface area contributed by atoms with Crippen molar-refractivity contribution in [1.29, 1.82) is 0 Å². The first-order valence-electron chi connectivity index (χ1n) is 13.0. The average Bonchev–Trinajstić information content (AvgIpc) is 2.78. The van der Waals surface area contributed by atoms with E-state index in [9.17, 15) is 26.4 Å². The van der Waals surface area contributed by atoms with Gasteiger partial charge in [0.1, 0.15) is 0 Å². The molecule has 0 saturated heterocycles. The second kappa shape index (κ2) is 22.8. The number of nitrogens with one attached hydrogen (secondary N) is 1. The predicted molar refractivity (Wildman–Crippen MR) is 137 cm³/mol. The van der Waals surface area contributed by atoms with Crippen LogP contribution in [-0.4, -0.2) is 45.6 Å². The van der Waals surface area contributed by atoms with Gasteiger partial charge >= 0.3 is 35.5 Å². The first kappa shape index (κ1) is 37.9. The molecule has 0 aromatic rings. The van der Waals surface area contributed by atoms with Gasteiger partial charge < -0.3 is 10.4 Å². The van der Waals surface area contributed by atoms with Crippen LogP contribution in [0.2, 0.25) is 0 Å². The van der Waals surface area contributed by atoms with E-state index in [1.165, 1.54) is 77.0 Å². The molecule has 0 aliphatic carbocycles. The molecule has 0 heterocycles. The molecule has 0 rings (SSSR count). The van der Waals surface area contributed by atoms with Gasteiger partial charge in [-0.1, -0.05) is 103 Å². The van der Waals surface area contributed by atoms with Crippen molar-refractivity contribution in [1.82, 2.24) is 5.32 Å². The van der Waals surface area contributed by atoms with Crippen LogP contribution in [0.4, 0.5) is 0 Å². The fourth-order valence-corrected chi connectivity index (χ4v) is 6.03. The van der Waals surface area contributed by atoms with Gasteiger partial charge in [-0.3, -0.25) is 9.59 Å². The van der Waals surface area contributed by atoms with E-state index in [4.69, 9.17) is 5.11 Å². The number of carboxylic acid groups (broad SMARTS) is 1. The Morgan fingerprint density at radius 2 is 1.17 bits per heavy atom. The number of carbonyl (C=O) groups is 2. The van der Waals surface area contributed by atoms with Crippen LogP contribution in [0.1, 0.15) is 123 Å². The Morgan fingerprint density at radius 3 is 1.53 bits per heavy atom. The van der Waals surface area contributed by atoms with Crippen LogP contribution >= 0.6 is 0 Å². The van der Waals surface area contributed by atoms with Gasteiger partial charge in [0.05, 0.1) is 6.42 Å². The first-order chi connectivity index (χ1) is 16.6. The summed E-state index contributed by atoms with van der Waals surface area (Å²) in [6.45, 7) is 3.57. The largest absolute Gasteiger partial charge is 1.00 e. The summed E-state index contributed by atoms with van der Waals surface area (Å²) in [5.74, 6) is -2.15. The van der Waals surface area contributed by atoms with Crippen LogP contribution < -0.4 is 34.9 Å². The number of unbranched alkanes of at least 4 members (excludes halogenated alkanes) is 15. The van der Waals surface area contributed by atoms with E-state index in [1.54, 1.807) is 0 Å². The minimum absolute atomic E-state index is 0. The molecular formula is C24H46NNaO8S2. The van der Waals surface area contributed by atoms with Gasteiger partial charge in [0, 0.05) is 6.54 Å². The molecular weight excluding hydrogens is 517 g/mol. The Labute approximate surface area is 241 Å². The van der Waals surface area contributed by atoms with E-state index in [0.29, 0.717) is 18.7 Å². The number of hydrogen-bond acceptors (Lipinski definition) is 7. The molecule has 0 bridgehead atoms. The zero-order valence-electron chi connectivity index (χ0n) is 22.5. The molecule has 0 radical (unpaired) electrons. The maximum absolute atomic E-state index is 11.9. The van der Waals surface area contributed by atoms with Gasteiger partial charge in [0.2, 0.25) is 5.91 Å². The number of carboxylic acids is 1. The second-order valence-corrected chi connectivity index (χ2v) is 12.5. The van der Waals surface area contributed by atoms with Crippen LogP contribution in [0, 0.1) is 5.75 Å². The number of aliphatic carboxylic acids is 1. The zero-order valence-corrected chi connectivity index (χ0v) is 26.1. The van der Waals surface area contributed by atoms with Gasteiger partial charge in [-0.2, -0.15) is 24.7 Å². The summed E-state index contributed by atoms with van der Waals surface area (Å²) in [6.07, 6.45) is 18.7. The van der Waals surface area contributed by atoms with Crippen molar-refractivity contribution in [3.8, 4) is 0 Å². The predicted octanol–water partition coefficient (Wildman–Crippen LogP) is 2.07. The van der Waals surface area contributed by atoms with Crippen molar-refractivity contribution in [3.63, 3.8) is 0 Å². The Bertz CT molecular complexity index is 788. The first-order valence-corrected chi connectivity index (χ1v) is 16.0. The van der Waals surface area contributed by atoms with Crippen molar-refractivity contribution in [2.75, 3.05) is 6.54 Å². The zero-order chi connectivity index (χ0) is 26.6. The summed E-state index contributed by atoms with van der Waals surface area (Å²) in [7, 11) is -9.57. The van der Waals surface area contributed by atoms with Crippen molar-refractivity contribution < 1.29 is 64.7 Å². The van der Waals surface area contributed by atoms with Gasteiger partial charge in [-0.25, -0.2) is 8.42 Å². The second-order valence-electron chi connectivity index (χ2n) is 8.97. The minimum atomic E-state index is -5.03. The van der Waals surface area contributed by atoms with Gasteiger partial charge in [0.25, 0.3) is 10.1 Å². The summed E-state index contributed by atoms with van der Waals surface area (Å²) in [5.41, 5.74) is 0. The van der Waals surface area contributed by atoms with E-state index in [-0.39, 0.29) is 29.6 Å². The molecule has 0 saturated carbocycles. The Morgan fingerprint density at radius 1 is 0.778 bits per heavy atom. The number of carbonyl (C=O) groups excluding carboxylic acids is 1. The molecule has 0 spiro atoms. The Kier molecular flexibility index (Phi) is 24.0. The molecule has 1 amide bonds. The average molecular weight is 564 g/mol. The standard InChI is InChI=1S/C24H46NO8S2.Na/c1-3-5-6-7-8-9-10-11-12-13-14-15-16-17-18-19-20-25-23(26)21-22(24(27)28)35(31,32)33-34(29,30)4-2;/h4,22H,3,5-21H2,1-2H3,(H,25,26)(H,27,28);/q-1;+1. The van der Waals surface area contributed by atoms with E-state index in [1.807, 2.05) is 0 Å².